The maximum absolute atomic E-state index is 12.5. The number of imidazole rings is 1. The molecular weight excluding hydrogens is 315 g/mol. The molecule has 120 valence electrons. The van der Waals surface area contributed by atoms with Crippen molar-refractivity contribution in [2.45, 2.75) is 6.18 Å². The minimum absolute atomic E-state index is 0.0753. The lowest BCUT2D eigenvalue weighted by Gasteiger charge is -2.05. The molecular formula is C13H10F3N5O2. The highest BCUT2D eigenvalue weighted by atomic mass is 19.4. The highest BCUT2D eigenvalue weighted by molar-refractivity contribution is 5.74. The molecule has 0 atom stereocenters. The van der Waals surface area contributed by atoms with E-state index in [1.807, 2.05) is 0 Å². The second-order valence-electron chi connectivity index (χ2n) is 4.92. The first-order valence-electron chi connectivity index (χ1n) is 6.39. The van der Waals surface area contributed by atoms with Crippen LogP contribution in [-0.2, 0) is 20.3 Å². The summed E-state index contributed by atoms with van der Waals surface area (Å²) in [5, 5.41) is 0. The van der Waals surface area contributed by atoms with Gasteiger partial charge in [-0.3, -0.25) is 18.9 Å². The number of fused-ring (bicyclic) bond motifs is 1. The van der Waals surface area contributed by atoms with Gasteiger partial charge in [-0.15, -0.1) is 0 Å². The summed E-state index contributed by atoms with van der Waals surface area (Å²) in [6, 6.07) is 2.01. The predicted molar refractivity (Wildman–Crippen MR) is 74.8 cm³/mol. The van der Waals surface area contributed by atoms with Crippen molar-refractivity contribution in [1.82, 2.24) is 24.1 Å². The van der Waals surface area contributed by atoms with Crippen LogP contribution in [0.25, 0.3) is 22.7 Å². The van der Waals surface area contributed by atoms with E-state index in [9.17, 15) is 22.8 Å². The quantitative estimate of drug-likeness (QED) is 0.724. The van der Waals surface area contributed by atoms with Crippen molar-refractivity contribution < 1.29 is 13.2 Å². The lowest BCUT2D eigenvalue weighted by molar-refractivity contribution is -0.137. The summed E-state index contributed by atoms with van der Waals surface area (Å²) in [6.07, 6.45) is -3.81. The first kappa shape index (κ1) is 15.0. The van der Waals surface area contributed by atoms with E-state index >= 15 is 0 Å². The van der Waals surface area contributed by atoms with Gasteiger partial charge in [0.2, 0.25) is 0 Å². The van der Waals surface area contributed by atoms with Crippen molar-refractivity contribution in [3.63, 3.8) is 0 Å². The van der Waals surface area contributed by atoms with Crippen LogP contribution in [0.2, 0.25) is 0 Å². The summed E-state index contributed by atoms with van der Waals surface area (Å²) in [5.41, 5.74) is -1.71. The number of aromatic amines is 1. The molecule has 0 aliphatic heterocycles. The predicted octanol–water partition coefficient (Wildman–Crippen LogP) is 1.04. The Bertz CT molecular complexity index is 1010. The van der Waals surface area contributed by atoms with E-state index in [1.165, 1.54) is 18.7 Å². The standard InChI is InChI=1S/C13H10F3N5O2/c1-20-10-8(11(22)21(2)12(20)23)18-9(19-10)7-4-3-6(5-17-7)13(14,15)16/h3-5H,1-2H3,(H,18,19). The van der Waals surface area contributed by atoms with Gasteiger partial charge in [-0.1, -0.05) is 0 Å². The molecule has 1 N–H and O–H groups in total. The molecule has 0 saturated carbocycles. The van der Waals surface area contributed by atoms with Crippen molar-refractivity contribution in [1.29, 1.82) is 0 Å². The van der Waals surface area contributed by atoms with E-state index in [0.717, 1.165) is 16.7 Å². The number of H-pyrrole nitrogens is 1. The normalized spacial score (nSPS) is 12.0. The third-order valence-electron chi connectivity index (χ3n) is 3.43. The van der Waals surface area contributed by atoms with Crippen molar-refractivity contribution in [2.75, 3.05) is 0 Å². The molecule has 3 heterocycles. The molecule has 10 heteroatoms. The summed E-state index contributed by atoms with van der Waals surface area (Å²) >= 11 is 0. The Hall–Kier alpha value is -2.91. The lowest BCUT2D eigenvalue weighted by Crippen LogP contribution is -2.36. The topological polar surface area (TPSA) is 85.6 Å². The molecule has 0 saturated heterocycles. The van der Waals surface area contributed by atoms with E-state index in [0.29, 0.717) is 6.20 Å². The molecule has 0 amide bonds. The zero-order valence-corrected chi connectivity index (χ0v) is 12.0. The number of rotatable bonds is 1. The molecule has 0 spiro atoms. The van der Waals surface area contributed by atoms with Crippen LogP contribution in [0.3, 0.4) is 0 Å². The lowest BCUT2D eigenvalue weighted by atomic mass is 10.2. The summed E-state index contributed by atoms with van der Waals surface area (Å²) in [4.78, 5) is 34.4. The largest absolute Gasteiger partial charge is 0.417 e. The zero-order valence-electron chi connectivity index (χ0n) is 12.0. The second-order valence-corrected chi connectivity index (χ2v) is 4.92. The van der Waals surface area contributed by atoms with E-state index < -0.39 is 23.0 Å². The number of aryl methyl sites for hydroxylation is 1. The fraction of sp³-hybridized carbons (Fsp3) is 0.231. The molecule has 0 fully saturated rings. The van der Waals surface area contributed by atoms with Crippen LogP contribution < -0.4 is 11.2 Å². The van der Waals surface area contributed by atoms with Gasteiger partial charge in [-0.2, -0.15) is 13.2 Å². The average Bonchev–Trinajstić information content (AvgIpc) is 2.95. The number of hydrogen-bond acceptors (Lipinski definition) is 4. The Balaban J connectivity index is 2.19. The summed E-state index contributed by atoms with van der Waals surface area (Å²) < 4.78 is 39.7. The number of alkyl halides is 3. The van der Waals surface area contributed by atoms with Crippen LogP contribution in [0.4, 0.5) is 13.2 Å². The van der Waals surface area contributed by atoms with Crippen LogP contribution in [0.1, 0.15) is 5.56 Å². The molecule has 7 nitrogen and oxygen atoms in total. The maximum Gasteiger partial charge on any atom is 0.417 e. The summed E-state index contributed by atoms with van der Waals surface area (Å²) in [7, 11) is 2.76. The van der Waals surface area contributed by atoms with E-state index in [4.69, 9.17) is 0 Å². The van der Waals surface area contributed by atoms with Crippen molar-refractivity contribution >= 4 is 11.2 Å². The van der Waals surface area contributed by atoms with Crippen LogP contribution in [0, 0.1) is 0 Å². The molecule has 23 heavy (non-hydrogen) atoms. The number of aromatic nitrogens is 5. The molecule has 3 aromatic heterocycles. The maximum atomic E-state index is 12.5. The van der Waals surface area contributed by atoms with Crippen LogP contribution in [0.15, 0.2) is 27.9 Å². The number of pyridine rings is 1. The molecule has 3 rings (SSSR count). The van der Waals surface area contributed by atoms with Gasteiger partial charge in [0.05, 0.1) is 5.56 Å². The third kappa shape index (κ3) is 2.31. The minimum atomic E-state index is -4.49. The first-order chi connectivity index (χ1) is 10.7. The van der Waals surface area contributed by atoms with E-state index in [1.54, 1.807) is 0 Å². The van der Waals surface area contributed by atoms with Crippen molar-refractivity contribution in [3.05, 3.63) is 44.7 Å². The Labute approximate surface area is 126 Å². The van der Waals surface area contributed by atoms with Gasteiger partial charge in [0.25, 0.3) is 5.56 Å². The Morgan fingerprint density at radius 2 is 1.83 bits per heavy atom. The fourth-order valence-electron chi connectivity index (χ4n) is 2.15. The first-order valence-corrected chi connectivity index (χ1v) is 6.39. The molecule has 0 aliphatic carbocycles. The highest BCUT2D eigenvalue weighted by Gasteiger charge is 2.30. The van der Waals surface area contributed by atoms with Gasteiger partial charge in [0, 0.05) is 20.3 Å². The van der Waals surface area contributed by atoms with Crippen LogP contribution in [-0.4, -0.2) is 24.1 Å². The Morgan fingerprint density at radius 3 is 2.39 bits per heavy atom. The highest BCUT2D eigenvalue weighted by Crippen LogP contribution is 2.29. The Morgan fingerprint density at radius 1 is 1.13 bits per heavy atom. The summed E-state index contributed by atoms with van der Waals surface area (Å²) in [5.74, 6) is 0.104. The van der Waals surface area contributed by atoms with Crippen molar-refractivity contribution in [2.24, 2.45) is 14.1 Å². The van der Waals surface area contributed by atoms with Gasteiger partial charge in [-0.05, 0) is 12.1 Å². The van der Waals surface area contributed by atoms with E-state index in [-0.39, 0.29) is 22.7 Å². The SMILES string of the molecule is Cn1c(=O)c2[nH]c(-c3ccc(C(F)(F)F)cn3)nc2n(C)c1=O. The molecule has 0 aliphatic rings. The summed E-state index contributed by atoms with van der Waals surface area (Å²) in [6.45, 7) is 0. The molecule has 0 aromatic carbocycles. The second kappa shape index (κ2) is 4.80. The van der Waals surface area contributed by atoms with Gasteiger partial charge < -0.3 is 4.98 Å². The van der Waals surface area contributed by atoms with Crippen LogP contribution >= 0.6 is 0 Å². The minimum Gasteiger partial charge on any atom is -0.331 e. The number of nitrogens with one attached hydrogen (secondary N) is 1. The van der Waals surface area contributed by atoms with Crippen molar-refractivity contribution in [3.8, 4) is 11.5 Å². The number of nitrogens with zero attached hydrogens (tertiary/aromatic N) is 4. The number of hydrogen-bond donors (Lipinski definition) is 1. The molecule has 0 radical (unpaired) electrons. The molecule has 0 bridgehead atoms. The molecule has 0 unspecified atom stereocenters. The zero-order chi connectivity index (χ0) is 16.9. The van der Waals surface area contributed by atoms with Crippen LogP contribution in [0.5, 0.6) is 0 Å². The third-order valence-corrected chi connectivity index (χ3v) is 3.43. The van der Waals surface area contributed by atoms with Gasteiger partial charge in [0.15, 0.2) is 11.5 Å². The van der Waals surface area contributed by atoms with Gasteiger partial charge in [-0.25, -0.2) is 9.78 Å². The smallest absolute Gasteiger partial charge is 0.331 e. The Kier molecular flexibility index (Phi) is 3.13. The van der Waals surface area contributed by atoms with E-state index in [2.05, 4.69) is 15.0 Å². The monoisotopic (exact) mass is 325 g/mol. The number of halogens is 3. The fourth-order valence-corrected chi connectivity index (χ4v) is 2.15. The van der Waals surface area contributed by atoms with Gasteiger partial charge in [0.1, 0.15) is 11.2 Å². The molecule has 3 aromatic rings. The average molecular weight is 325 g/mol. The van der Waals surface area contributed by atoms with Gasteiger partial charge >= 0.3 is 11.9 Å².